The molecule has 0 aliphatic heterocycles. The van der Waals surface area contributed by atoms with Crippen LogP contribution in [0.15, 0.2) is 34.9 Å². The predicted molar refractivity (Wildman–Crippen MR) is 102 cm³/mol. The molecule has 1 aromatic carbocycles. The lowest BCUT2D eigenvalue weighted by Gasteiger charge is -2.12. The molecule has 0 radical (unpaired) electrons. The third kappa shape index (κ3) is 2.69. The van der Waals surface area contributed by atoms with E-state index in [1.54, 1.807) is 0 Å². The van der Waals surface area contributed by atoms with E-state index in [-0.39, 0.29) is 5.71 Å². The maximum Gasteiger partial charge on any atom is 0.230 e. The minimum absolute atomic E-state index is 0.106. The number of aryl methyl sites for hydroxylation is 3. The maximum atomic E-state index is 14.8. The highest BCUT2D eigenvalue weighted by atomic mass is 19.1. The van der Waals surface area contributed by atoms with Crippen molar-refractivity contribution in [3.8, 4) is 11.3 Å². The van der Waals surface area contributed by atoms with Gasteiger partial charge in [0.15, 0.2) is 11.8 Å². The number of halogens is 2. The summed E-state index contributed by atoms with van der Waals surface area (Å²) in [6, 6.07) is 6.37. The van der Waals surface area contributed by atoms with E-state index >= 15 is 0 Å². The molecule has 0 spiro atoms. The molecule has 0 aliphatic rings. The molecular formula is C22H21F2N2O+. The van der Waals surface area contributed by atoms with Gasteiger partial charge in [0, 0.05) is 11.6 Å². The molecule has 3 aromatic heterocycles. The molecule has 0 bridgehead atoms. The van der Waals surface area contributed by atoms with Crippen molar-refractivity contribution in [2.75, 3.05) is 0 Å². The van der Waals surface area contributed by atoms with Crippen LogP contribution in [0.25, 0.3) is 33.3 Å². The minimum Gasteiger partial charge on any atom is -0.437 e. The summed E-state index contributed by atoms with van der Waals surface area (Å²) in [6.45, 7) is 8.23. The van der Waals surface area contributed by atoms with E-state index < -0.39 is 11.8 Å². The van der Waals surface area contributed by atoms with Gasteiger partial charge in [-0.3, -0.25) is 0 Å². The predicted octanol–water partition coefficient (Wildman–Crippen LogP) is 5.49. The van der Waals surface area contributed by atoms with Gasteiger partial charge < -0.3 is 4.42 Å². The van der Waals surface area contributed by atoms with Crippen LogP contribution in [-0.2, 0) is 7.05 Å². The Labute approximate surface area is 156 Å². The molecule has 4 aromatic rings. The Kier molecular flexibility index (Phi) is 3.98. The summed E-state index contributed by atoms with van der Waals surface area (Å²) in [6.07, 6.45) is 2.07. The summed E-state index contributed by atoms with van der Waals surface area (Å²) in [4.78, 5) is 3.79. The van der Waals surface area contributed by atoms with Gasteiger partial charge >= 0.3 is 0 Å². The molecule has 138 valence electrons. The molecule has 5 heteroatoms. The standard InChI is InChI=1S/C22H21F2N2O/c1-11(2)15-9-17(26(5)10-13(15)4)19-12(3)8-16(23)20-14-6-7-18(24)25-22(14)27-21(19)20/h6-11H,1-5H3/q+1. The molecular weight excluding hydrogens is 346 g/mol. The molecule has 27 heavy (non-hydrogen) atoms. The molecule has 0 N–H and O–H groups in total. The third-order valence-electron chi connectivity index (χ3n) is 5.12. The van der Waals surface area contributed by atoms with Crippen LogP contribution in [0.2, 0.25) is 0 Å². The lowest BCUT2D eigenvalue weighted by Crippen LogP contribution is -2.32. The van der Waals surface area contributed by atoms with Crippen molar-refractivity contribution >= 4 is 22.1 Å². The van der Waals surface area contributed by atoms with E-state index in [1.807, 2.05) is 18.5 Å². The smallest absolute Gasteiger partial charge is 0.230 e. The van der Waals surface area contributed by atoms with Crippen LogP contribution in [0.5, 0.6) is 0 Å². The third-order valence-corrected chi connectivity index (χ3v) is 5.12. The van der Waals surface area contributed by atoms with Crippen LogP contribution < -0.4 is 4.57 Å². The Balaban J connectivity index is 2.14. The number of benzene rings is 1. The number of nitrogens with zero attached hydrogens (tertiary/aromatic N) is 2. The normalized spacial score (nSPS) is 11.9. The quantitative estimate of drug-likeness (QED) is 0.346. The highest BCUT2D eigenvalue weighted by molar-refractivity contribution is 6.09. The Hall–Kier alpha value is -2.82. The van der Waals surface area contributed by atoms with Crippen molar-refractivity contribution in [3.05, 3.63) is 58.9 Å². The molecule has 3 heterocycles. The van der Waals surface area contributed by atoms with Crippen LogP contribution >= 0.6 is 0 Å². The van der Waals surface area contributed by atoms with Gasteiger partial charge in [-0.2, -0.15) is 9.37 Å². The Morgan fingerprint density at radius 1 is 1.07 bits per heavy atom. The van der Waals surface area contributed by atoms with Crippen molar-refractivity contribution in [3.63, 3.8) is 0 Å². The van der Waals surface area contributed by atoms with E-state index in [9.17, 15) is 8.78 Å². The van der Waals surface area contributed by atoms with Crippen molar-refractivity contribution in [2.24, 2.45) is 7.05 Å². The first kappa shape index (κ1) is 17.6. The van der Waals surface area contributed by atoms with Gasteiger partial charge in [0.2, 0.25) is 17.4 Å². The fourth-order valence-corrected chi connectivity index (χ4v) is 3.87. The number of hydrogen-bond donors (Lipinski definition) is 0. The molecule has 0 amide bonds. The zero-order valence-corrected chi connectivity index (χ0v) is 16.0. The molecule has 4 rings (SSSR count). The fourth-order valence-electron chi connectivity index (χ4n) is 3.87. The summed E-state index contributed by atoms with van der Waals surface area (Å²) >= 11 is 0. The zero-order chi connectivity index (χ0) is 19.5. The fraction of sp³-hybridized carbons (Fsp3) is 0.273. The monoisotopic (exact) mass is 367 g/mol. The SMILES string of the molecule is Cc1c[n+](C)c(-c2c(C)cc(F)c3c2oc2nc(F)ccc23)cc1C(C)C. The van der Waals surface area contributed by atoms with E-state index in [4.69, 9.17) is 4.42 Å². The number of aromatic nitrogens is 2. The lowest BCUT2D eigenvalue weighted by atomic mass is 9.94. The summed E-state index contributed by atoms with van der Waals surface area (Å²) in [5.41, 5.74) is 5.40. The number of pyridine rings is 2. The largest absolute Gasteiger partial charge is 0.437 e. The molecule has 3 nitrogen and oxygen atoms in total. The summed E-state index contributed by atoms with van der Waals surface area (Å²) in [5, 5.41) is 0.814. The van der Waals surface area contributed by atoms with Gasteiger partial charge in [0.1, 0.15) is 12.9 Å². The number of hydrogen-bond acceptors (Lipinski definition) is 2. The Bertz CT molecular complexity index is 1210. The van der Waals surface area contributed by atoms with E-state index in [0.717, 1.165) is 16.8 Å². The summed E-state index contributed by atoms with van der Waals surface area (Å²) in [7, 11) is 1.96. The molecule has 0 atom stereocenters. The van der Waals surface area contributed by atoms with Gasteiger partial charge in [-0.1, -0.05) is 13.8 Å². The van der Waals surface area contributed by atoms with Crippen LogP contribution in [0.4, 0.5) is 8.78 Å². The maximum absolute atomic E-state index is 14.8. The van der Waals surface area contributed by atoms with Gasteiger partial charge in [-0.05, 0) is 49.1 Å². The second-order valence-electron chi connectivity index (χ2n) is 7.41. The number of fused-ring (bicyclic) bond motifs is 3. The van der Waals surface area contributed by atoms with Crippen molar-refractivity contribution in [1.82, 2.24) is 4.98 Å². The van der Waals surface area contributed by atoms with Crippen LogP contribution in [0, 0.1) is 25.6 Å². The molecule has 0 saturated heterocycles. The van der Waals surface area contributed by atoms with Crippen LogP contribution in [0.3, 0.4) is 0 Å². The molecule has 0 saturated carbocycles. The van der Waals surface area contributed by atoms with Gasteiger partial charge in [-0.15, -0.1) is 0 Å². The average Bonchev–Trinajstić information content (AvgIpc) is 2.94. The van der Waals surface area contributed by atoms with Crippen molar-refractivity contribution in [2.45, 2.75) is 33.6 Å². The van der Waals surface area contributed by atoms with Crippen molar-refractivity contribution < 1.29 is 17.8 Å². The second kappa shape index (κ2) is 6.12. The van der Waals surface area contributed by atoms with Crippen molar-refractivity contribution in [1.29, 1.82) is 0 Å². The zero-order valence-electron chi connectivity index (χ0n) is 16.0. The highest BCUT2D eigenvalue weighted by Crippen LogP contribution is 2.38. The molecule has 0 fully saturated rings. The molecule has 0 aliphatic carbocycles. The van der Waals surface area contributed by atoms with Gasteiger partial charge in [-0.25, -0.2) is 8.96 Å². The average molecular weight is 367 g/mol. The Morgan fingerprint density at radius 2 is 1.81 bits per heavy atom. The van der Waals surface area contributed by atoms with E-state index in [1.165, 1.54) is 29.3 Å². The van der Waals surface area contributed by atoms with Gasteiger partial charge in [0.25, 0.3) is 0 Å². The summed E-state index contributed by atoms with van der Waals surface area (Å²) in [5.74, 6) is -0.687. The topological polar surface area (TPSA) is 29.9 Å². The van der Waals surface area contributed by atoms with Gasteiger partial charge in [0.05, 0.1) is 16.3 Å². The van der Waals surface area contributed by atoms with Crippen LogP contribution in [-0.4, -0.2) is 4.98 Å². The highest BCUT2D eigenvalue weighted by Gasteiger charge is 2.25. The first-order chi connectivity index (χ1) is 12.8. The molecule has 0 unspecified atom stereocenters. The number of rotatable bonds is 2. The number of furan rings is 1. The minimum atomic E-state index is -0.650. The summed E-state index contributed by atoms with van der Waals surface area (Å²) < 4.78 is 36.2. The van der Waals surface area contributed by atoms with E-state index in [2.05, 4.69) is 38.0 Å². The second-order valence-corrected chi connectivity index (χ2v) is 7.41. The van der Waals surface area contributed by atoms with E-state index in [0.29, 0.717) is 22.3 Å². The Morgan fingerprint density at radius 3 is 2.52 bits per heavy atom. The lowest BCUT2D eigenvalue weighted by molar-refractivity contribution is -0.660. The first-order valence-electron chi connectivity index (χ1n) is 8.96. The first-order valence-corrected chi connectivity index (χ1v) is 8.96. The van der Waals surface area contributed by atoms with Crippen LogP contribution in [0.1, 0.15) is 36.5 Å².